The van der Waals surface area contributed by atoms with Gasteiger partial charge in [0.2, 0.25) is 0 Å². The van der Waals surface area contributed by atoms with Crippen molar-refractivity contribution in [1.82, 2.24) is 4.90 Å². The Morgan fingerprint density at radius 3 is 2.79 bits per heavy atom. The van der Waals surface area contributed by atoms with Crippen LogP contribution in [0.2, 0.25) is 0 Å². The molecule has 1 aliphatic heterocycles. The SMILES string of the molecule is CCCCOCCCN1CCC(=O)C1. The summed E-state index contributed by atoms with van der Waals surface area (Å²) in [6.07, 6.45) is 4.15. The highest BCUT2D eigenvalue weighted by atomic mass is 16.5. The highest BCUT2D eigenvalue weighted by Crippen LogP contribution is 2.04. The van der Waals surface area contributed by atoms with Crippen LogP contribution < -0.4 is 0 Å². The summed E-state index contributed by atoms with van der Waals surface area (Å²) in [5.41, 5.74) is 0. The fourth-order valence-corrected chi connectivity index (χ4v) is 1.62. The van der Waals surface area contributed by atoms with E-state index < -0.39 is 0 Å². The van der Waals surface area contributed by atoms with Gasteiger partial charge in [0, 0.05) is 32.7 Å². The van der Waals surface area contributed by atoms with Gasteiger partial charge in [0.15, 0.2) is 0 Å². The fourth-order valence-electron chi connectivity index (χ4n) is 1.62. The summed E-state index contributed by atoms with van der Waals surface area (Å²) in [4.78, 5) is 13.2. The second-order valence-electron chi connectivity index (χ2n) is 3.88. The Labute approximate surface area is 86.4 Å². The molecular weight excluding hydrogens is 178 g/mol. The fraction of sp³-hybridized carbons (Fsp3) is 0.909. The lowest BCUT2D eigenvalue weighted by Gasteiger charge is -2.12. The molecule has 0 bridgehead atoms. The largest absolute Gasteiger partial charge is 0.381 e. The normalized spacial score (nSPS) is 17.9. The summed E-state index contributed by atoms with van der Waals surface area (Å²) in [6.45, 7) is 6.51. The zero-order valence-corrected chi connectivity index (χ0v) is 9.13. The monoisotopic (exact) mass is 199 g/mol. The second-order valence-corrected chi connectivity index (χ2v) is 3.88. The number of unbranched alkanes of at least 4 members (excludes halogenated alkanes) is 1. The van der Waals surface area contributed by atoms with Crippen LogP contribution >= 0.6 is 0 Å². The molecule has 0 spiro atoms. The van der Waals surface area contributed by atoms with Crippen LogP contribution in [0.25, 0.3) is 0 Å². The molecule has 0 aliphatic carbocycles. The smallest absolute Gasteiger partial charge is 0.148 e. The van der Waals surface area contributed by atoms with Crippen molar-refractivity contribution >= 4 is 5.78 Å². The van der Waals surface area contributed by atoms with Gasteiger partial charge in [-0.15, -0.1) is 0 Å². The zero-order chi connectivity index (χ0) is 10.2. The maximum Gasteiger partial charge on any atom is 0.148 e. The number of ether oxygens (including phenoxy) is 1. The van der Waals surface area contributed by atoms with Crippen molar-refractivity contribution in [2.45, 2.75) is 32.6 Å². The minimum Gasteiger partial charge on any atom is -0.381 e. The molecule has 14 heavy (non-hydrogen) atoms. The Kier molecular flexibility index (Phi) is 5.80. The molecule has 3 heteroatoms. The van der Waals surface area contributed by atoms with Gasteiger partial charge in [-0.2, -0.15) is 0 Å². The van der Waals surface area contributed by atoms with Crippen molar-refractivity contribution in [2.24, 2.45) is 0 Å². The van der Waals surface area contributed by atoms with Gasteiger partial charge in [0.25, 0.3) is 0 Å². The molecule has 0 radical (unpaired) electrons. The van der Waals surface area contributed by atoms with E-state index in [9.17, 15) is 4.79 Å². The first-order chi connectivity index (χ1) is 6.83. The first-order valence-electron chi connectivity index (χ1n) is 5.64. The quantitative estimate of drug-likeness (QED) is 0.581. The number of nitrogens with zero attached hydrogens (tertiary/aromatic N) is 1. The third-order valence-corrected chi connectivity index (χ3v) is 2.51. The third kappa shape index (κ3) is 4.72. The van der Waals surface area contributed by atoms with Crippen LogP contribution in [0.3, 0.4) is 0 Å². The van der Waals surface area contributed by atoms with E-state index in [-0.39, 0.29) is 0 Å². The zero-order valence-electron chi connectivity index (χ0n) is 9.13. The molecule has 3 nitrogen and oxygen atoms in total. The topological polar surface area (TPSA) is 29.5 Å². The van der Waals surface area contributed by atoms with E-state index in [2.05, 4.69) is 11.8 Å². The molecule has 1 aliphatic rings. The first kappa shape index (κ1) is 11.7. The van der Waals surface area contributed by atoms with Crippen molar-refractivity contribution in [2.75, 3.05) is 32.8 Å². The van der Waals surface area contributed by atoms with Crippen LogP contribution in [0.15, 0.2) is 0 Å². The maximum absolute atomic E-state index is 11.0. The van der Waals surface area contributed by atoms with Crippen LogP contribution in [0.4, 0.5) is 0 Å². The van der Waals surface area contributed by atoms with E-state index in [1.165, 1.54) is 6.42 Å². The van der Waals surface area contributed by atoms with E-state index in [0.717, 1.165) is 45.6 Å². The van der Waals surface area contributed by atoms with Crippen molar-refractivity contribution in [3.63, 3.8) is 0 Å². The van der Waals surface area contributed by atoms with Gasteiger partial charge >= 0.3 is 0 Å². The Morgan fingerprint density at radius 2 is 2.14 bits per heavy atom. The van der Waals surface area contributed by atoms with Crippen LogP contribution in [-0.2, 0) is 9.53 Å². The third-order valence-electron chi connectivity index (χ3n) is 2.51. The van der Waals surface area contributed by atoms with Gasteiger partial charge in [-0.05, 0) is 12.8 Å². The number of rotatable bonds is 7. The molecule has 0 saturated carbocycles. The first-order valence-corrected chi connectivity index (χ1v) is 5.64. The molecular formula is C11H21NO2. The average molecular weight is 199 g/mol. The predicted molar refractivity (Wildman–Crippen MR) is 56.4 cm³/mol. The van der Waals surface area contributed by atoms with E-state index >= 15 is 0 Å². The van der Waals surface area contributed by atoms with E-state index in [1.54, 1.807) is 0 Å². The number of Topliss-reactive ketones (excluding diaryl/α,β-unsaturated/α-hetero) is 1. The molecule has 1 saturated heterocycles. The minimum absolute atomic E-state index is 0.386. The number of carbonyl (C=O) groups excluding carboxylic acids is 1. The molecule has 0 aromatic heterocycles. The number of hydrogen-bond acceptors (Lipinski definition) is 3. The predicted octanol–water partition coefficient (Wildman–Crippen LogP) is 1.47. The number of carbonyl (C=O) groups is 1. The molecule has 0 unspecified atom stereocenters. The molecule has 0 aromatic rings. The van der Waals surface area contributed by atoms with E-state index in [1.807, 2.05) is 0 Å². The molecule has 0 amide bonds. The highest BCUT2D eigenvalue weighted by Gasteiger charge is 2.17. The Hall–Kier alpha value is -0.410. The summed E-state index contributed by atoms with van der Waals surface area (Å²) >= 11 is 0. The van der Waals surface area contributed by atoms with E-state index in [4.69, 9.17) is 4.74 Å². The summed E-state index contributed by atoms with van der Waals surface area (Å²) in [7, 11) is 0. The molecule has 0 N–H and O–H groups in total. The van der Waals surface area contributed by atoms with Gasteiger partial charge in [0.1, 0.15) is 5.78 Å². The second kappa shape index (κ2) is 6.96. The summed E-state index contributed by atoms with van der Waals surface area (Å²) in [5.74, 6) is 0.386. The number of hydrogen-bond donors (Lipinski definition) is 0. The van der Waals surface area contributed by atoms with Gasteiger partial charge in [-0.1, -0.05) is 13.3 Å². The molecule has 1 rings (SSSR count). The molecule has 1 heterocycles. The number of ketones is 1. The average Bonchev–Trinajstić information content (AvgIpc) is 2.58. The lowest BCUT2D eigenvalue weighted by Crippen LogP contribution is -2.23. The van der Waals surface area contributed by atoms with Crippen LogP contribution in [0, 0.1) is 0 Å². The van der Waals surface area contributed by atoms with Gasteiger partial charge < -0.3 is 4.74 Å². The Bertz CT molecular complexity index is 171. The molecule has 1 fully saturated rings. The van der Waals surface area contributed by atoms with Crippen LogP contribution in [0.1, 0.15) is 32.6 Å². The highest BCUT2D eigenvalue weighted by molar-refractivity contribution is 5.82. The van der Waals surface area contributed by atoms with Gasteiger partial charge in [-0.3, -0.25) is 9.69 Å². The lowest BCUT2D eigenvalue weighted by atomic mass is 10.3. The van der Waals surface area contributed by atoms with Gasteiger partial charge in [0.05, 0.1) is 6.54 Å². The maximum atomic E-state index is 11.0. The van der Waals surface area contributed by atoms with Crippen molar-refractivity contribution < 1.29 is 9.53 Å². The minimum atomic E-state index is 0.386. The van der Waals surface area contributed by atoms with Crippen molar-refractivity contribution in [1.29, 1.82) is 0 Å². The van der Waals surface area contributed by atoms with Crippen LogP contribution in [0.5, 0.6) is 0 Å². The molecule has 0 aromatic carbocycles. The Balaban J connectivity index is 1.86. The number of likely N-dealkylation sites (tertiary alicyclic amines) is 1. The summed E-state index contributed by atoms with van der Waals surface area (Å²) < 4.78 is 5.45. The van der Waals surface area contributed by atoms with Crippen molar-refractivity contribution in [3.8, 4) is 0 Å². The molecule has 0 atom stereocenters. The summed E-state index contributed by atoms with van der Waals surface area (Å²) in [6, 6.07) is 0. The Morgan fingerprint density at radius 1 is 1.36 bits per heavy atom. The lowest BCUT2D eigenvalue weighted by molar-refractivity contribution is -0.116. The molecule has 82 valence electrons. The van der Waals surface area contributed by atoms with Crippen molar-refractivity contribution in [3.05, 3.63) is 0 Å². The standard InChI is InChI=1S/C11H21NO2/c1-2-3-8-14-9-4-6-12-7-5-11(13)10-12/h2-10H2,1H3. The van der Waals surface area contributed by atoms with Gasteiger partial charge in [-0.25, -0.2) is 0 Å². The van der Waals surface area contributed by atoms with E-state index in [0.29, 0.717) is 12.3 Å². The summed E-state index contributed by atoms with van der Waals surface area (Å²) in [5, 5.41) is 0. The van der Waals surface area contributed by atoms with Crippen LogP contribution in [-0.4, -0.2) is 43.5 Å².